The first-order valence-corrected chi connectivity index (χ1v) is 9.33. The van der Waals surface area contributed by atoms with Gasteiger partial charge in [0.25, 0.3) is 5.91 Å². The van der Waals surface area contributed by atoms with E-state index >= 15 is 0 Å². The summed E-state index contributed by atoms with van der Waals surface area (Å²) in [4.78, 5) is 17.6. The fourth-order valence-electron chi connectivity index (χ4n) is 3.77. The number of aromatic nitrogens is 2. The van der Waals surface area contributed by atoms with E-state index in [4.69, 9.17) is 9.72 Å². The minimum absolute atomic E-state index is 0.0419. The second-order valence-electron chi connectivity index (χ2n) is 7.00. The van der Waals surface area contributed by atoms with Gasteiger partial charge in [-0.3, -0.25) is 4.79 Å². The summed E-state index contributed by atoms with van der Waals surface area (Å²) < 4.78 is 7.65. The first-order chi connectivity index (χ1) is 12.3. The Morgan fingerprint density at radius 3 is 2.92 bits per heavy atom. The van der Waals surface area contributed by atoms with Gasteiger partial charge < -0.3 is 14.6 Å². The predicted octanol–water partition coefficient (Wildman–Crippen LogP) is 3.04. The van der Waals surface area contributed by atoms with E-state index < -0.39 is 0 Å². The number of hydrogen-bond donors (Lipinski definition) is 1. The Labute approximate surface area is 148 Å². The van der Waals surface area contributed by atoms with Gasteiger partial charge in [0.15, 0.2) is 0 Å². The summed E-state index contributed by atoms with van der Waals surface area (Å²) in [6.07, 6.45) is 5.42. The molecule has 4 rings (SSSR count). The van der Waals surface area contributed by atoms with Crippen LogP contribution in [0.1, 0.15) is 41.9 Å². The number of carbonyl (C=O) groups excluding carboxylic acids is 1. The Hall–Kier alpha value is -2.14. The van der Waals surface area contributed by atoms with Crippen LogP contribution < -0.4 is 5.32 Å². The lowest BCUT2D eigenvalue weighted by atomic mass is 10.1. The lowest BCUT2D eigenvalue weighted by Gasteiger charge is -2.10. The lowest BCUT2D eigenvalue weighted by molar-refractivity contribution is 0.0939. The molecule has 132 valence electrons. The molecule has 0 saturated carbocycles. The summed E-state index contributed by atoms with van der Waals surface area (Å²) in [5.41, 5.74) is 2.78. The van der Waals surface area contributed by atoms with Crippen molar-refractivity contribution in [1.29, 1.82) is 0 Å². The number of fused-ring (bicyclic) bond motifs is 1. The lowest BCUT2D eigenvalue weighted by Crippen LogP contribution is -2.30. The number of nitrogens with one attached hydrogen (secondary N) is 1. The second-order valence-corrected chi connectivity index (χ2v) is 7.00. The van der Waals surface area contributed by atoms with Gasteiger partial charge in [-0.1, -0.05) is 36.8 Å². The van der Waals surface area contributed by atoms with Gasteiger partial charge >= 0.3 is 0 Å². The molecule has 0 aliphatic carbocycles. The molecular formula is C20H25N3O2. The van der Waals surface area contributed by atoms with Crippen molar-refractivity contribution in [2.24, 2.45) is 5.92 Å². The number of benzene rings is 1. The number of ether oxygens (including phenoxy) is 1. The van der Waals surface area contributed by atoms with Crippen molar-refractivity contribution < 1.29 is 9.53 Å². The van der Waals surface area contributed by atoms with Crippen LogP contribution in [0.3, 0.4) is 0 Å². The summed E-state index contributed by atoms with van der Waals surface area (Å²) in [7, 11) is 0. The van der Waals surface area contributed by atoms with Crippen molar-refractivity contribution in [2.45, 2.75) is 38.6 Å². The average molecular weight is 339 g/mol. The van der Waals surface area contributed by atoms with Gasteiger partial charge in [-0.2, -0.15) is 0 Å². The van der Waals surface area contributed by atoms with Gasteiger partial charge in [0.2, 0.25) is 0 Å². The Bertz CT molecular complexity index is 733. The van der Waals surface area contributed by atoms with Gasteiger partial charge in [0.1, 0.15) is 11.5 Å². The van der Waals surface area contributed by atoms with E-state index in [-0.39, 0.29) is 5.91 Å². The van der Waals surface area contributed by atoms with E-state index in [9.17, 15) is 4.79 Å². The first-order valence-electron chi connectivity index (χ1n) is 9.33. The summed E-state index contributed by atoms with van der Waals surface area (Å²) in [6.45, 7) is 3.16. The maximum atomic E-state index is 12.8. The van der Waals surface area contributed by atoms with Crippen molar-refractivity contribution in [3.05, 3.63) is 41.7 Å². The number of imidazole rings is 1. The molecule has 1 fully saturated rings. The average Bonchev–Trinajstić information content (AvgIpc) is 3.23. The molecule has 1 aromatic carbocycles. The highest BCUT2D eigenvalue weighted by atomic mass is 16.5. The van der Waals surface area contributed by atoms with Crippen molar-refractivity contribution in [2.75, 3.05) is 19.8 Å². The monoisotopic (exact) mass is 339 g/mol. The number of carbonyl (C=O) groups is 1. The summed E-state index contributed by atoms with van der Waals surface area (Å²) in [5.74, 6) is 1.31. The van der Waals surface area contributed by atoms with Gasteiger partial charge in [0, 0.05) is 31.2 Å². The van der Waals surface area contributed by atoms with Crippen LogP contribution in [0.2, 0.25) is 0 Å². The standard InChI is InChI=1S/C20H25N3O2/c24-20(21-13-15-10-12-25-14-15)18-17-9-5-2-6-11-23(17)19(22-18)16-7-3-1-4-8-16/h1,3-4,7-8,15H,2,5-6,9-14H2,(H,21,24)/t15-/m1/s1. The molecule has 2 aliphatic heterocycles. The molecule has 3 heterocycles. The van der Waals surface area contributed by atoms with Gasteiger partial charge in [-0.05, 0) is 25.7 Å². The van der Waals surface area contributed by atoms with Crippen molar-refractivity contribution in [3.63, 3.8) is 0 Å². The van der Waals surface area contributed by atoms with Crippen LogP contribution in [0, 0.1) is 5.92 Å². The quantitative estimate of drug-likeness (QED) is 0.931. The van der Waals surface area contributed by atoms with Gasteiger partial charge in [-0.15, -0.1) is 0 Å². The molecule has 5 heteroatoms. The van der Waals surface area contributed by atoms with Crippen LogP contribution in [0.4, 0.5) is 0 Å². The molecule has 0 spiro atoms. The van der Waals surface area contributed by atoms with Gasteiger partial charge in [0.05, 0.1) is 12.3 Å². The molecule has 5 nitrogen and oxygen atoms in total. The molecule has 1 aromatic heterocycles. The van der Waals surface area contributed by atoms with Gasteiger partial charge in [-0.25, -0.2) is 4.98 Å². The molecule has 25 heavy (non-hydrogen) atoms. The van der Waals surface area contributed by atoms with Crippen molar-refractivity contribution >= 4 is 5.91 Å². The highest BCUT2D eigenvalue weighted by molar-refractivity contribution is 5.94. The van der Waals surface area contributed by atoms with Crippen LogP contribution in [0.25, 0.3) is 11.4 Å². The topological polar surface area (TPSA) is 56.1 Å². The molecular weight excluding hydrogens is 314 g/mol. The number of hydrogen-bond acceptors (Lipinski definition) is 3. The molecule has 1 saturated heterocycles. The third kappa shape index (κ3) is 3.47. The largest absolute Gasteiger partial charge is 0.381 e. The SMILES string of the molecule is O=C(NC[C@H]1CCOC1)c1nc(-c2ccccc2)n2c1CCCCC2. The zero-order valence-electron chi connectivity index (χ0n) is 14.5. The molecule has 0 unspecified atom stereocenters. The predicted molar refractivity (Wildman–Crippen MR) is 96.5 cm³/mol. The summed E-state index contributed by atoms with van der Waals surface area (Å²) in [6, 6.07) is 10.2. The molecule has 1 atom stereocenters. The van der Waals surface area contributed by atoms with Crippen LogP contribution in [0.5, 0.6) is 0 Å². The zero-order chi connectivity index (χ0) is 17.1. The smallest absolute Gasteiger partial charge is 0.271 e. The number of rotatable bonds is 4. The van der Waals surface area contributed by atoms with Crippen LogP contribution in [-0.2, 0) is 17.7 Å². The van der Waals surface area contributed by atoms with E-state index in [0.717, 1.165) is 62.5 Å². The highest BCUT2D eigenvalue weighted by Gasteiger charge is 2.25. The third-order valence-corrected chi connectivity index (χ3v) is 5.19. The Balaban J connectivity index is 1.62. The molecule has 2 aliphatic rings. The maximum absolute atomic E-state index is 12.8. The minimum atomic E-state index is -0.0419. The fraction of sp³-hybridized carbons (Fsp3) is 0.500. The second kappa shape index (κ2) is 7.40. The molecule has 0 radical (unpaired) electrons. The highest BCUT2D eigenvalue weighted by Crippen LogP contribution is 2.27. The van der Waals surface area contributed by atoms with Crippen molar-refractivity contribution in [1.82, 2.24) is 14.9 Å². The van der Waals surface area contributed by atoms with E-state index in [1.54, 1.807) is 0 Å². The van der Waals surface area contributed by atoms with E-state index in [1.807, 2.05) is 18.2 Å². The molecule has 1 N–H and O–H groups in total. The molecule has 1 amide bonds. The van der Waals surface area contributed by atoms with E-state index in [0.29, 0.717) is 18.2 Å². The van der Waals surface area contributed by atoms with Crippen molar-refractivity contribution in [3.8, 4) is 11.4 Å². The Morgan fingerprint density at radius 1 is 1.24 bits per heavy atom. The number of nitrogens with zero attached hydrogens (tertiary/aromatic N) is 2. The first kappa shape index (κ1) is 16.3. The van der Waals surface area contributed by atoms with Crippen LogP contribution in [-0.4, -0.2) is 35.2 Å². The Kier molecular flexibility index (Phi) is 4.83. The summed E-state index contributed by atoms with van der Waals surface area (Å²) in [5, 5.41) is 3.08. The molecule has 0 bridgehead atoms. The minimum Gasteiger partial charge on any atom is -0.381 e. The molecule has 2 aromatic rings. The normalized spacial score (nSPS) is 20.1. The van der Waals surface area contributed by atoms with E-state index in [1.165, 1.54) is 6.42 Å². The zero-order valence-corrected chi connectivity index (χ0v) is 14.5. The third-order valence-electron chi connectivity index (χ3n) is 5.19. The van der Waals surface area contributed by atoms with Crippen LogP contribution >= 0.6 is 0 Å². The van der Waals surface area contributed by atoms with Crippen LogP contribution in [0.15, 0.2) is 30.3 Å². The summed E-state index contributed by atoms with van der Waals surface area (Å²) >= 11 is 0. The Morgan fingerprint density at radius 2 is 2.12 bits per heavy atom. The number of amides is 1. The van der Waals surface area contributed by atoms with E-state index in [2.05, 4.69) is 22.0 Å². The fourth-order valence-corrected chi connectivity index (χ4v) is 3.77. The maximum Gasteiger partial charge on any atom is 0.271 e.